The van der Waals surface area contributed by atoms with E-state index in [0.717, 1.165) is 0 Å². The summed E-state index contributed by atoms with van der Waals surface area (Å²) in [6.45, 7) is 0.949. The normalized spacial score (nSPS) is 13.1. The van der Waals surface area contributed by atoms with E-state index >= 15 is 0 Å². The van der Waals surface area contributed by atoms with E-state index in [-0.39, 0.29) is 19.0 Å². The Balaban J connectivity index is 1.95. The molecular formula is C14H16ClN5O5. The van der Waals surface area contributed by atoms with Crippen molar-refractivity contribution >= 4 is 23.5 Å². The Kier molecular flexibility index (Phi) is 6.25. The number of aliphatic hydroxyl groups is 1. The molecule has 3 N–H and O–H groups in total. The lowest BCUT2D eigenvalue weighted by Crippen LogP contribution is -2.48. The maximum Gasteiger partial charge on any atom is 0.328 e. The fourth-order valence-electron chi connectivity index (χ4n) is 1.87. The Hall–Kier alpha value is -2.72. The number of aliphatic hydroxyl groups excluding tert-OH is 1. The van der Waals surface area contributed by atoms with E-state index in [9.17, 15) is 14.7 Å². The number of hydrogen-bond acceptors (Lipinski definition) is 7. The summed E-state index contributed by atoms with van der Waals surface area (Å²) >= 11 is 5.78. The summed E-state index contributed by atoms with van der Waals surface area (Å²) in [6.07, 6.45) is -1.25. The minimum absolute atomic E-state index is 0.000669. The number of nitrogens with zero attached hydrogens (tertiary/aromatic N) is 4. The second-order valence-electron chi connectivity index (χ2n) is 5.12. The molecule has 1 aromatic heterocycles. The minimum Gasteiger partial charge on any atom is -0.486 e. The molecule has 0 aliphatic carbocycles. The van der Waals surface area contributed by atoms with Gasteiger partial charge in [-0.05, 0) is 41.6 Å². The standard InChI is InChI=1S/C14H16ClN5O5/c1-8(21)13(14(23)24)16-12(22)6-20-11(17-18-19-20)7-25-10-4-2-9(15)3-5-10/h2-5,8,13,21H,6-7H2,1H3,(H,16,22)(H,23,24). The molecule has 134 valence electrons. The SMILES string of the molecule is CC(O)C(NC(=O)Cn1nnnc1COc1ccc(Cl)cc1)C(=O)O. The summed E-state index contributed by atoms with van der Waals surface area (Å²) < 4.78 is 6.67. The predicted octanol–water partition coefficient (Wildman–Crippen LogP) is -0.144. The van der Waals surface area contributed by atoms with Crippen LogP contribution in [0.5, 0.6) is 5.75 Å². The van der Waals surface area contributed by atoms with Crippen molar-refractivity contribution in [3.05, 3.63) is 35.1 Å². The summed E-state index contributed by atoms with van der Waals surface area (Å²) in [6, 6.07) is 5.25. The van der Waals surface area contributed by atoms with Gasteiger partial charge in [0.05, 0.1) is 6.10 Å². The number of rotatable bonds is 8. The Labute approximate surface area is 147 Å². The summed E-state index contributed by atoms with van der Waals surface area (Å²) in [5.41, 5.74) is 0. The van der Waals surface area contributed by atoms with E-state index in [4.69, 9.17) is 21.4 Å². The first-order chi connectivity index (χ1) is 11.9. The molecule has 1 heterocycles. The average Bonchev–Trinajstić information content (AvgIpc) is 2.98. The van der Waals surface area contributed by atoms with Gasteiger partial charge in [-0.3, -0.25) is 4.79 Å². The zero-order valence-electron chi connectivity index (χ0n) is 13.2. The van der Waals surface area contributed by atoms with Crippen molar-refractivity contribution in [1.29, 1.82) is 0 Å². The Morgan fingerprint density at radius 2 is 2.04 bits per heavy atom. The summed E-state index contributed by atoms with van der Waals surface area (Å²) in [5.74, 6) is -1.18. The van der Waals surface area contributed by atoms with Crippen LogP contribution in [0, 0.1) is 0 Å². The van der Waals surface area contributed by atoms with Gasteiger partial charge in [-0.2, -0.15) is 0 Å². The third-order valence-electron chi connectivity index (χ3n) is 3.15. The average molecular weight is 370 g/mol. The van der Waals surface area contributed by atoms with Gasteiger partial charge in [-0.15, -0.1) is 5.10 Å². The number of amides is 1. The Bertz CT molecular complexity index is 733. The van der Waals surface area contributed by atoms with Gasteiger partial charge in [-0.1, -0.05) is 11.6 Å². The third kappa shape index (κ3) is 5.40. The molecule has 0 saturated carbocycles. The second-order valence-corrected chi connectivity index (χ2v) is 5.56. The fourth-order valence-corrected chi connectivity index (χ4v) is 2.00. The molecule has 0 saturated heterocycles. The molecule has 0 aliphatic rings. The van der Waals surface area contributed by atoms with Gasteiger partial charge in [0.2, 0.25) is 5.91 Å². The monoisotopic (exact) mass is 369 g/mol. The van der Waals surface area contributed by atoms with Crippen LogP contribution in [-0.2, 0) is 22.7 Å². The molecular weight excluding hydrogens is 354 g/mol. The van der Waals surface area contributed by atoms with E-state index in [1.54, 1.807) is 24.3 Å². The van der Waals surface area contributed by atoms with Gasteiger partial charge in [-0.25, -0.2) is 9.48 Å². The molecule has 1 aromatic carbocycles. The minimum atomic E-state index is -1.42. The number of nitrogens with one attached hydrogen (secondary N) is 1. The van der Waals surface area contributed by atoms with Crippen LogP contribution in [-0.4, -0.2) is 54.4 Å². The van der Waals surface area contributed by atoms with Crippen LogP contribution in [0.3, 0.4) is 0 Å². The van der Waals surface area contributed by atoms with E-state index in [1.807, 2.05) is 0 Å². The van der Waals surface area contributed by atoms with Gasteiger partial charge >= 0.3 is 5.97 Å². The number of ether oxygens (including phenoxy) is 1. The van der Waals surface area contributed by atoms with Crippen molar-refractivity contribution in [3.63, 3.8) is 0 Å². The van der Waals surface area contributed by atoms with Gasteiger partial charge in [0.25, 0.3) is 0 Å². The lowest BCUT2D eigenvalue weighted by atomic mass is 10.2. The molecule has 2 unspecified atom stereocenters. The number of tetrazole rings is 1. The molecule has 0 spiro atoms. The second kappa shape index (κ2) is 8.40. The van der Waals surface area contributed by atoms with Crippen LogP contribution in [0.1, 0.15) is 12.7 Å². The number of carbonyl (C=O) groups excluding carboxylic acids is 1. The van der Waals surface area contributed by atoms with Crippen molar-refractivity contribution in [3.8, 4) is 5.75 Å². The van der Waals surface area contributed by atoms with Gasteiger partial charge in [0, 0.05) is 5.02 Å². The van der Waals surface area contributed by atoms with Gasteiger partial charge in [0.15, 0.2) is 11.9 Å². The number of carbonyl (C=O) groups is 2. The molecule has 1 amide bonds. The van der Waals surface area contributed by atoms with Crippen molar-refractivity contribution in [2.75, 3.05) is 0 Å². The number of hydrogen-bond donors (Lipinski definition) is 3. The molecule has 2 atom stereocenters. The smallest absolute Gasteiger partial charge is 0.328 e. The number of aromatic nitrogens is 4. The highest BCUT2D eigenvalue weighted by Crippen LogP contribution is 2.16. The Morgan fingerprint density at radius 1 is 1.36 bits per heavy atom. The number of carboxylic acid groups (broad SMARTS) is 1. The highest BCUT2D eigenvalue weighted by Gasteiger charge is 2.25. The zero-order valence-corrected chi connectivity index (χ0v) is 13.9. The highest BCUT2D eigenvalue weighted by molar-refractivity contribution is 6.30. The summed E-state index contributed by atoms with van der Waals surface area (Å²) in [5, 5.41) is 32.0. The summed E-state index contributed by atoms with van der Waals surface area (Å²) in [7, 11) is 0. The first-order valence-electron chi connectivity index (χ1n) is 7.20. The van der Waals surface area contributed by atoms with Crippen LogP contribution in [0.25, 0.3) is 0 Å². The highest BCUT2D eigenvalue weighted by atomic mass is 35.5. The predicted molar refractivity (Wildman–Crippen MR) is 84.8 cm³/mol. The van der Waals surface area contributed by atoms with Gasteiger partial charge < -0.3 is 20.3 Å². The van der Waals surface area contributed by atoms with E-state index in [0.29, 0.717) is 10.8 Å². The fraction of sp³-hybridized carbons (Fsp3) is 0.357. The molecule has 11 heteroatoms. The third-order valence-corrected chi connectivity index (χ3v) is 3.40. The van der Waals surface area contributed by atoms with Crippen LogP contribution in [0.2, 0.25) is 5.02 Å². The van der Waals surface area contributed by atoms with Crippen molar-refractivity contribution < 1.29 is 24.5 Å². The van der Waals surface area contributed by atoms with Crippen molar-refractivity contribution in [2.45, 2.75) is 32.2 Å². The van der Waals surface area contributed by atoms with Crippen molar-refractivity contribution in [1.82, 2.24) is 25.5 Å². The molecule has 10 nitrogen and oxygen atoms in total. The maximum absolute atomic E-state index is 11.9. The van der Waals surface area contributed by atoms with Crippen LogP contribution >= 0.6 is 11.6 Å². The number of benzene rings is 1. The molecule has 2 aromatic rings. The molecule has 0 aliphatic heterocycles. The van der Waals surface area contributed by atoms with Crippen molar-refractivity contribution in [2.24, 2.45) is 0 Å². The zero-order chi connectivity index (χ0) is 18.4. The molecule has 0 bridgehead atoms. The molecule has 0 radical (unpaired) electrons. The number of carboxylic acids is 1. The van der Waals surface area contributed by atoms with Crippen LogP contribution in [0.15, 0.2) is 24.3 Å². The number of aliphatic carboxylic acids is 1. The van der Waals surface area contributed by atoms with Gasteiger partial charge in [0.1, 0.15) is 18.9 Å². The topological polar surface area (TPSA) is 139 Å². The molecule has 0 fully saturated rings. The van der Waals surface area contributed by atoms with Crippen LogP contribution < -0.4 is 10.1 Å². The lowest BCUT2D eigenvalue weighted by molar-refractivity contribution is -0.144. The lowest BCUT2D eigenvalue weighted by Gasteiger charge is -2.17. The molecule has 25 heavy (non-hydrogen) atoms. The van der Waals surface area contributed by atoms with E-state index in [1.165, 1.54) is 11.6 Å². The maximum atomic E-state index is 11.9. The largest absolute Gasteiger partial charge is 0.486 e. The van der Waals surface area contributed by atoms with E-state index in [2.05, 4.69) is 20.8 Å². The summed E-state index contributed by atoms with van der Waals surface area (Å²) in [4.78, 5) is 22.9. The first kappa shape index (κ1) is 18.6. The number of halogens is 1. The van der Waals surface area contributed by atoms with E-state index < -0.39 is 24.0 Å². The Morgan fingerprint density at radius 3 is 2.64 bits per heavy atom. The van der Waals surface area contributed by atoms with Crippen LogP contribution in [0.4, 0.5) is 0 Å². The first-order valence-corrected chi connectivity index (χ1v) is 7.58. The quantitative estimate of drug-likeness (QED) is 0.584. The molecule has 2 rings (SSSR count).